The molecule has 0 aliphatic rings. The van der Waals surface area contributed by atoms with Gasteiger partial charge in [-0.3, -0.25) is 0 Å². The Bertz CT molecular complexity index is 389. The monoisotopic (exact) mass is 428 g/mol. The summed E-state index contributed by atoms with van der Waals surface area (Å²) in [6.07, 6.45) is 0. The SMILES string of the molecule is CC(C)N(OC(N(C(C)C)C(C)C)(N(C(C)C)C(C)C)N(C(C)C)C(C)C)C(C)C. The van der Waals surface area contributed by atoms with E-state index >= 15 is 0 Å². The maximum absolute atomic E-state index is 7.33. The van der Waals surface area contributed by atoms with Gasteiger partial charge in [0.15, 0.2) is 0 Å². The third-order valence-corrected chi connectivity index (χ3v) is 5.59. The van der Waals surface area contributed by atoms with Crippen LogP contribution in [0.5, 0.6) is 0 Å². The smallest absolute Gasteiger partial charge is 0.244 e. The standard InChI is InChI=1S/C25H56N4O/c1-17(2)26(18(3)4)25(27(19(5)6)20(7)8,28(21(9)10)22(11)12)30-29(23(13)14)24(15)16/h17-24H,1-16H3. The fraction of sp³-hybridized carbons (Fsp3) is 1.00. The predicted molar refractivity (Wildman–Crippen MR) is 132 cm³/mol. The van der Waals surface area contributed by atoms with E-state index in [9.17, 15) is 0 Å². The zero-order chi connectivity index (χ0) is 24.1. The Morgan fingerprint density at radius 1 is 0.367 bits per heavy atom. The number of nitrogens with zero attached hydrogens (tertiary/aromatic N) is 4. The van der Waals surface area contributed by atoms with E-state index in [1.165, 1.54) is 0 Å². The number of hydrogen-bond acceptors (Lipinski definition) is 5. The lowest BCUT2D eigenvalue weighted by Crippen LogP contribution is -2.79. The fourth-order valence-electron chi connectivity index (χ4n) is 5.30. The molecular weight excluding hydrogens is 372 g/mol. The molecule has 0 N–H and O–H groups in total. The van der Waals surface area contributed by atoms with Crippen molar-refractivity contribution in [3.8, 4) is 0 Å². The van der Waals surface area contributed by atoms with Gasteiger partial charge in [-0.15, -0.1) is 0 Å². The zero-order valence-corrected chi connectivity index (χ0v) is 23.3. The van der Waals surface area contributed by atoms with Crippen molar-refractivity contribution in [1.82, 2.24) is 19.8 Å². The molecule has 5 nitrogen and oxygen atoms in total. The van der Waals surface area contributed by atoms with Crippen LogP contribution in [-0.4, -0.2) is 74.1 Å². The lowest BCUT2D eigenvalue weighted by atomic mass is 10.1. The van der Waals surface area contributed by atoms with Gasteiger partial charge in [-0.05, 0) is 111 Å². The molecule has 182 valence electrons. The fourth-order valence-corrected chi connectivity index (χ4v) is 5.30. The Hall–Kier alpha value is -0.200. The summed E-state index contributed by atoms with van der Waals surface area (Å²) in [5.41, 5.74) is 0. The van der Waals surface area contributed by atoms with Crippen molar-refractivity contribution in [2.45, 2.75) is 165 Å². The molecule has 0 bridgehead atoms. The summed E-state index contributed by atoms with van der Waals surface area (Å²) in [6, 6.07) is 2.41. The Labute approximate surface area is 190 Å². The van der Waals surface area contributed by atoms with E-state index in [1.54, 1.807) is 0 Å². The van der Waals surface area contributed by atoms with E-state index in [2.05, 4.69) is 131 Å². The van der Waals surface area contributed by atoms with E-state index in [0.29, 0.717) is 36.3 Å². The minimum absolute atomic E-state index is 0.271. The highest BCUT2D eigenvalue weighted by Gasteiger charge is 2.56. The van der Waals surface area contributed by atoms with E-state index in [4.69, 9.17) is 4.84 Å². The number of rotatable bonds is 13. The molecule has 0 fully saturated rings. The molecule has 0 aliphatic heterocycles. The highest BCUT2D eigenvalue weighted by Crippen LogP contribution is 2.39. The Morgan fingerprint density at radius 3 is 0.700 bits per heavy atom. The van der Waals surface area contributed by atoms with Gasteiger partial charge in [-0.2, -0.15) is 5.06 Å². The highest BCUT2D eigenvalue weighted by molar-refractivity contribution is 4.93. The van der Waals surface area contributed by atoms with Gasteiger partial charge in [-0.25, -0.2) is 19.5 Å². The molecule has 0 unspecified atom stereocenters. The highest BCUT2D eigenvalue weighted by atomic mass is 16.7. The van der Waals surface area contributed by atoms with Crippen molar-refractivity contribution in [1.29, 1.82) is 0 Å². The number of hydrogen-bond donors (Lipinski definition) is 0. The molecule has 0 saturated carbocycles. The number of hydroxylamine groups is 2. The Balaban J connectivity index is 7.37. The van der Waals surface area contributed by atoms with Crippen LogP contribution in [0.4, 0.5) is 0 Å². The molecule has 0 aromatic carbocycles. The van der Waals surface area contributed by atoms with Gasteiger partial charge in [0.25, 0.3) is 5.97 Å². The van der Waals surface area contributed by atoms with Crippen molar-refractivity contribution >= 4 is 0 Å². The van der Waals surface area contributed by atoms with Crippen molar-refractivity contribution in [3.63, 3.8) is 0 Å². The van der Waals surface area contributed by atoms with Gasteiger partial charge in [-0.1, -0.05) is 0 Å². The largest absolute Gasteiger partial charge is 0.262 e. The third-order valence-electron chi connectivity index (χ3n) is 5.59. The lowest BCUT2D eigenvalue weighted by molar-refractivity contribution is -0.446. The summed E-state index contributed by atoms with van der Waals surface area (Å²) < 4.78 is 0. The first-order chi connectivity index (χ1) is 13.5. The van der Waals surface area contributed by atoms with Crippen LogP contribution in [0.2, 0.25) is 0 Å². The third kappa shape index (κ3) is 6.65. The second-order valence-corrected chi connectivity index (χ2v) is 11.0. The lowest BCUT2D eigenvalue weighted by Gasteiger charge is -2.63. The average molecular weight is 429 g/mol. The Kier molecular flexibility index (Phi) is 12.1. The van der Waals surface area contributed by atoms with Gasteiger partial charge in [0.2, 0.25) is 0 Å². The van der Waals surface area contributed by atoms with Crippen LogP contribution in [0.15, 0.2) is 0 Å². The molecule has 0 spiro atoms. The van der Waals surface area contributed by atoms with Crippen LogP contribution in [0, 0.1) is 0 Å². The first-order valence-electron chi connectivity index (χ1n) is 12.4. The maximum atomic E-state index is 7.33. The summed E-state index contributed by atoms with van der Waals surface area (Å²) in [4.78, 5) is 15.0. The predicted octanol–water partition coefficient (Wildman–Crippen LogP) is 6.00. The molecule has 0 radical (unpaired) electrons. The van der Waals surface area contributed by atoms with Crippen LogP contribution in [-0.2, 0) is 4.84 Å². The molecule has 0 heterocycles. The Morgan fingerprint density at radius 2 is 0.567 bits per heavy atom. The molecule has 5 heteroatoms. The maximum Gasteiger partial charge on any atom is 0.262 e. The van der Waals surface area contributed by atoms with Crippen LogP contribution >= 0.6 is 0 Å². The minimum Gasteiger partial charge on any atom is -0.244 e. The van der Waals surface area contributed by atoms with E-state index in [0.717, 1.165) is 0 Å². The molecule has 30 heavy (non-hydrogen) atoms. The molecular formula is C25H56N4O. The minimum atomic E-state index is -0.707. The molecule has 0 aliphatic carbocycles. The van der Waals surface area contributed by atoms with Gasteiger partial charge >= 0.3 is 0 Å². The summed E-state index contributed by atoms with van der Waals surface area (Å²) in [5.74, 6) is -0.707. The van der Waals surface area contributed by atoms with Crippen molar-refractivity contribution < 1.29 is 4.84 Å². The topological polar surface area (TPSA) is 22.2 Å². The summed E-state index contributed by atoms with van der Waals surface area (Å²) in [7, 11) is 0. The molecule has 0 amide bonds. The van der Waals surface area contributed by atoms with Gasteiger partial charge in [0.05, 0.1) is 0 Å². The molecule has 0 saturated heterocycles. The van der Waals surface area contributed by atoms with Gasteiger partial charge in [0.1, 0.15) is 0 Å². The molecule has 0 atom stereocenters. The average Bonchev–Trinajstić information content (AvgIpc) is 2.49. The van der Waals surface area contributed by atoms with Gasteiger partial charge < -0.3 is 0 Å². The zero-order valence-electron chi connectivity index (χ0n) is 23.3. The van der Waals surface area contributed by atoms with Crippen LogP contribution in [0.3, 0.4) is 0 Å². The summed E-state index contributed by atoms with van der Waals surface area (Å²) in [6.45, 7) is 36.5. The van der Waals surface area contributed by atoms with Crippen molar-refractivity contribution in [2.75, 3.05) is 0 Å². The van der Waals surface area contributed by atoms with Gasteiger partial charge in [0, 0.05) is 48.3 Å². The molecule has 0 rings (SSSR count). The van der Waals surface area contributed by atoms with E-state index < -0.39 is 5.97 Å². The first kappa shape index (κ1) is 29.8. The quantitative estimate of drug-likeness (QED) is 0.264. The molecule has 0 aromatic heterocycles. The van der Waals surface area contributed by atoms with Crippen LogP contribution in [0.1, 0.15) is 111 Å². The second kappa shape index (κ2) is 12.2. The van der Waals surface area contributed by atoms with Crippen LogP contribution < -0.4 is 0 Å². The van der Waals surface area contributed by atoms with Crippen molar-refractivity contribution in [3.05, 3.63) is 0 Å². The summed E-state index contributed by atoms with van der Waals surface area (Å²) in [5, 5.41) is 2.20. The normalized spacial score (nSPS) is 14.4. The second-order valence-electron chi connectivity index (χ2n) is 11.0. The van der Waals surface area contributed by atoms with E-state index in [1.807, 2.05) is 0 Å². The van der Waals surface area contributed by atoms with Crippen molar-refractivity contribution in [2.24, 2.45) is 0 Å². The van der Waals surface area contributed by atoms with Crippen LogP contribution in [0.25, 0.3) is 0 Å². The summed E-state index contributed by atoms with van der Waals surface area (Å²) >= 11 is 0. The first-order valence-corrected chi connectivity index (χ1v) is 12.4. The van der Waals surface area contributed by atoms with E-state index in [-0.39, 0.29) is 12.1 Å². The molecule has 0 aromatic rings.